The van der Waals surface area contributed by atoms with Gasteiger partial charge in [0.15, 0.2) is 0 Å². The quantitative estimate of drug-likeness (QED) is 0.484. The van der Waals surface area contributed by atoms with Gasteiger partial charge in [0.2, 0.25) is 0 Å². The SMILES string of the molecule is COc1cc(Oc2ccnc(-c3cnn(C)c3)c2)ccc1NC(=O)c1cnc(C)n(C)c1=O. The fourth-order valence-corrected chi connectivity index (χ4v) is 3.13. The highest BCUT2D eigenvalue weighted by atomic mass is 16.5. The van der Waals surface area contributed by atoms with E-state index in [1.807, 2.05) is 13.2 Å². The zero-order valence-corrected chi connectivity index (χ0v) is 18.6. The van der Waals surface area contributed by atoms with Gasteiger partial charge in [-0.05, 0) is 25.1 Å². The molecule has 4 aromatic rings. The summed E-state index contributed by atoms with van der Waals surface area (Å²) in [5.41, 5.74) is 1.49. The summed E-state index contributed by atoms with van der Waals surface area (Å²) in [6, 6.07) is 8.52. The van der Waals surface area contributed by atoms with Crippen molar-refractivity contribution in [3.63, 3.8) is 0 Å². The Morgan fingerprint density at radius 1 is 1.06 bits per heavy atom. The first-order chi connectivity index (χ1) is 15.9. The number of rotatable bonds is 6. The van der Waals surface area contributed by atoms with E-state index in [1.165, 1.54) is 17.9 Å². The molecule has 0 fully saturated rings. The Morgan fingerprint density at radius 3 is 2.58 bits per heavy atom. The molecule has 0 saturated heterocycles. The number of carbonyl (C=O) groups excluding carboxylic acids is 1. The van der Waals surface area contributed by atoms with Gasteiger partial charge in [0.05, 0.1) is 24.7 Å². The molecule has 1 N–H and O–H groups in total. The lowest BCUT2D eigenvalue weighted by Gasteiger charge is -2.13. The largest absolute Gasteiger partial charge is 0.494 e. The number of pyridine rings is 1. The van der Waals surface area contributed by atoms with Crippen LogP contribution in [0.3, 0.4) is 0 Å². The second kappa shape index (κ2) is 8.95. The molecule has 168 valence electrons. The van der Waals surface area contributed by atoms with Crippen LogP contribution in [0.15, 0.2) is 59.9 Å². The van der Waals surface area contributed by atoms with Crippen molar-refractivity contribution in [2.75, 3.05) is 12.4 Å². The normalized spacial score (nSPS) is 10.7. The molecule has 0 atom stereocenters. The summed E-state index contributed by atoms with van der Waals surface area (Å²) in [7, 11) is 4.88. The van der Waals surface area contributed by atoms with Crippen molar-refractivity contribution in [1.29, 1.82) is 0 Å². The summed E-state index contributed by atoms with van der Waals surface area (Å²) < 4.78 is 14.4. The maximum absolute atomic E-state index is 12.7. The van der Waals surface area contributed by atoms with Gasteiger partial charge in [-0.15, -0.1) is 0 Å². The number of hydrogen-bond donors (Lipinski definition) is 1. The number of amides is 1. The maximum atomic E-state index is 12.7. The first kappa shape index (κ1) is 21.8. The molecule has 1 amide bonds. The van der Waals surface area contributed by atoms with Gasteiger partial charge in [-0.25, -0.2) is 4.98 Å². The van der Waals surface area contributed by atoms with Crippen molar-refractivity contribution < 1.29 is 14.3 Å². The Labute approximate surface area is 189 Å². The molecule has 0 aliphatic carbocycles. The molecule has 1 aromatic carbocycles. The number of aromatic nitrogens is 5. The van der Waals surface area contributed by atoms with Crippen LogP contribution in [0, 0.1) is 6.92 Å². The molecule has 0 spiro atoms. The fourth-order valence-electron chi connectivity index (χ4n) is 3.13. The number of nitrogens with zero attached hydrogens (tertiary/aromatic N) is 5. The van der Waals surface area contributed by atoms with Crippen LogP contribution in [-0.2, 0) is 14.1 Å². The van der Waals surface area contributed by atoms with E-state index in [2.05, 4.69) is 20.4 Å². The van der Waals surface area contributed by atoms with Gasteiger partial charge in [0.25, 0.3) is 11.5 Å². The number of aryl methyl sites for hydroxylation is 2. The summed E-state index contributed by atoms with van der Waals surface area (Å²) in [6.07, 6.45) is 6.51. The average molecular weight is 446 g/mol. The third-order valence-electron chi connectivity index (χ3n) is 5.03. The number of ether oxygens (including phenoxy) is 2. The van der Waals surface area contributed by atoms with Crippen molar-refractivity contribution in [2.24, 2.45) is 14.1 Å². The van der Waals surface area contributed by atoms with Crippen molar-refractivity contribution in [1.82, 2.24) is 24.3 Å². The average Bonchev–Trinajstić information content (AvgIpc) is 3.25. The molecule has 3 heterocycles. The van der Waals surface area contributed by atoms with Gasteiger partial charge >= 0.3 is 0 Å². The second-order valence-electron chi connectivity index (χ2n) is 7.28. The predicted octanol–water partition coefficient (Wildman–Crippen LogP) is 2.94. The van der Waals surface area contributed by atoms with Gasteiger partial charge in [0.1, 0.15) is 28.6 Å². The van der Waals surface area contributed by atoms with Gasteiger partial charge in [0, 0.05) is 50.4 Å². The van der Waals surface area contributed by atoms with Gasteiger partial charge in [-0.1, -0.05) is 0 Å². The van der Waals surface area contributed by atoms with Crippen LogP contribution in [0.2, 0.25) is 0 Å². The molecular formula is C23H22N6O4. The molecule has 0 unspecified atom stereocenters. The van der Waals surface area contributed by atoms with E-state index in [4.69, 9.17) is 9.47 Å². The monoisotopic (exact) mass is 446 g/mol. The zero-order chi connectivity index (χ0) is 23.5. The molecule has 0 aliphatic heterocycles. The van der Waals surface area contributed by atoms with E-state index in [1.54, 1.807) is 61.4 Å². The third-order valence-corrected chi connectivity index (χ3v) is 5.03. The van der Waals surface area contributed by atoms with Crippen molar-refractivity contribution in [3.8, 4) is 28.5 Å². The Kier molecular flexibility index (Phi) is 5.90. The molecule has 0 bridgehead atoms. The maximum Gasteiger partial charge on any atom is 0.266 e. The summed E-state index contributed by atoms with van der Waals surface area (Å²) in [4.78, 5) is 33.4. The fraction of sp³-hybridized carbons (Fsp3) is 0.174. The lowest BCUT2D eigenvalue weighted by Crippen LogP contribution is -2.29. The Balaban J connectivity index is 1.55. The van der Waals surface area contributed by atoms with Crippen LogP contribution in [0.5, 0.6) is 17.2 Å². The number of methoxy groups -OCH3 is 1. The number of benzene rings is 1. The lowest BCUT2D eigenvalue weighted by atomic mass is 10.2. The van der Waals surface area contributed by atoms with E-state index in [9.17, 15) is 9.59 Å². The van der Waals surface area contributed by atoms with Crippen LogP contribution in [-0.4, -0.2) is 37.3 Å². The molecular weight excluding hydrogens is 424 g/mol. The minimum Gasteiger partial charge on any atom is -0.494 e. The van der Waals surface area contributed by atoms with Crippen molar-refractivity contribution in [2.45, 2.75) is 6.92 Å². The molecule has 0 radical (unpaired) electrons. The standard InChI is InChI=1S/C23H22N6O4/c1-14-25-12-18(23(31)29(14)3)22(30)27-19-6-5-16(10-21(19)32-4)33-17-7-8-24-20(9-17)15-11-26-28(2)13-15/h5-13H,1-4H3,(H,27,30). The molecule has 33 heavy (non-hydrogen) atoms. The summed E-state index contributed by atoms with van der Waals surface area (Å²) in [5.74, 6) is 1.39. The number of hydrogen-bond acceptors (Lipinski definition) is 7. The Bertz CT molecular complexity index is 1390. The highest BCUT2D eigenvalue weighted by Gasteiger charge is 2.16. The van der Waals surface area contributed by atoms with Gasteiger partial charge in [-0.3, -0.25) is 23.8 Å². The summed E-state index contributed by atoms with van der Waals surface area (Å²) in [5, 5.41) is 6.86. The number of nitrogens with one attached hydrogen (secondary N) is 1. The third kappa shape index (κ3) is 4.59. The van der Waals surface area contributed by atoms with Gasteiger partial charge < -0.3 is 14.8 Å². The first-order valence-corrected chi connectivity index (χ1v) is 10.0. The molecule has 10 heteroatoms. The number of carbonyl (C=O) groups is 1. The molecule has 0 saturated carbocycles. The Morgan fingerprint density at radius 2 is 1.85 bits per heavy atom. The summed E-state index contributed by atoms with van der Waals surface area (Å²) in [6.45, 7) is 1.69. The van der Waals surface area contributed by atoms with Crippen LogP contribution in [0.1, 0.15) is 16.2 Å². The summed E-state index contributed by atoms with van der Waals surface area (Å²) >= 11 is 0. The van der Waals surface area contributed by atoms with E-state index in [0.29, 0.717) is 28.8 Å². The van der Waals surface area contributed by atoms with E-state index >= 15 is 0 Å². The minimum atomic E-state index is -0.578. The number of anilines is 1. The van der Waals surface area contributed by atoms with Crippen LogP contribution in [0.25, 0.3) is 11.3 Å². The smallest absolute Gasteiger partial charge is 0.266 e. The lowest BCUT2D eigenvalue weighted by molar-refractivity contribution is 0.102. The first-order valence-electron chi connectivity index (χ1n) is 10.0. The van der Waals surface area contributed by atoms with Crippen molar-refractivity contribution in [3.05, 3.63) is 76.9 Å². The highest BCUT2D eigenvalue weighted by molar-refractivity contribution is 6.04. The van der Waals surface area contributed by atoms with Crippen molar-refractivity contribution >= 4 is 11.6 Å². The molecule has 4 rings (SSSR count). The van der Waals surface area contributed by atoms with Gasteiger partial charge in [-0.2, -0.15) is 5.10 Å². The second-order valence-corrected chi connectivity index (χ2v) is 7.28. The predicted molar refractivity (Wildman–Crippen MR) is 122 cm³/mol. The minimum absolute atomic E-state index is 0.0646. The topological polar surface area (TPSA) is 113 Å². The van der Waals surface area contributed by atoms with Crippen LogP contribution in [0.4, 0.5) is 5.69 Å². The highest BCUT2D eigenvalue weighted by Crippen LogP contribution is 2.32. The van der Waals surface area contributed by atoms with E-state index in [-0.39, 0.29) is 5.56 Å². The zero-order valence-electron chi connectivity index (χ0n) is 18.6. The Hall–Kier alpha value is -4.47. The van der Waals surface area contributed by atoms with Crippen LogP contribution < -0.4 is 20.3 Å². The molecule has 0 aliphatic rings. The molecule has 10 nitrogen and oxygen atoms in total. The van der Waals surface area contributed by atoms with E-state index in [0.717, 1.165) is 11.3 Å². The van der Waals surface area contributed by atoms with Crippen LogP contribution >= 0.6 is 0 Å². The molecule has 3 aromatic heterocycles. The van der Waals surface area contributed by atoms with E-state index < -0.39 is 11.5 Å².